The van der Waals surface area contributed by atoms with Crippen LogP contribution in [0.5, 0.6) is 5.75 Å². The maximum Gasteiger partial charge on any atom is 0.302 e. The third-order valence-corrected chi connectivity index (χ3v) is 11.1. The van der Waals surface area contributed by atoms with Crippen LogP contribution in [0.15, 0.2) is 41.1 Å². The second-order valence-corrected chi connectivity index (χ2v) is 12.6. The normalized spacial score (nSPS) is 41.7. The summed E-state index contributed by atoms with van der Waals surface area (Å²) in [5, 5.41) is 4.59. The van der Waals surface area contributed by atoms with E-state index in [0.29, 0.717) is 17.8 Å². The number of esters is 1. The number of ether oxygens (including phenoxy) is 2. The Labute approximate surface area is 219 Å². The number of nitrogens with zero attached hydrogens (tertiary/aromatic N) is 1. The van der Waals surface area contributed by atoms with Crippen LogP contribution < -0.4 is 4.74 Å². The minimum absolute atomic E-state index is 0.00529. The van der Waals surface area contributed by atoms with Gasteiger partial charge in [-0.1, -0.05) is 30.7 Å². The van der Waals surface area contributed by atoms with Gasteiger partial charge in [0.25, 0.3) is 0 Å². The number of Topliss-reactive ketones (excluding diaryl/α,β-unsaturated/α-hetero) is 1. The predicted octanol–water partition coefficient (Wildman–Crippen LogP) is 5.88. The van der Waals surface area contributed by atoms with Crippen molar-refractivity contribution in [2.75, 3.05) is 7.11 Å². The number of carbonyl (C=O) groups is 2. The van der Waals surface area contributed by atoms with Gasteiger partial charge in [0.15, 0.2) is 5.78 Å². The van der Waals surface area contributed by atoms with Crippen molar-refractivity contribution < 1.29 is 23.9 Å². The average molecular weight is 506 g/mol. The van der Waals surface area contributed by atoms with E-state index >= 15 is 0 Å². The molecular weight excluding hydrogens is 466 g/mol. The van der Waals surface area contributed by atoms with Crippen LogP contribution >= 0.6 is 0 Å². The van der Waals surface area contributed by atoms with Crippen LogP contribution in [0.2, 0.25) is 0 Å². The third-order valence-electron chi connectivity index (χ3n) is 11.1. The van der Waals surface area contributed by atoms with Crippen molar-refractivity contribution in [3.05, 3.63) is 41.5 Å². The highest BCUT2D eigenvalue weighted by molar-refractivity contribution is 6.08. The molecule has 0 bridgehead atoms. The molecule has 6 nitrogen and oxygen atoms in total. The molecule has 8 atom stereocenters. The van der Waals surface area contributed by atoms with Crippen LogP contribution in [0.4, 0.5) is 0 Å². The molecule has 6 heteroatoms. The van der Waals surface area contributed by atoms with E-state index in [0.717, 1.165) is 62.0 Å². The number of methoxy groups -OCH3 is 1. The zero-order valence-electron chi connectivity index (χ0n) is 22.7. The average Bonchev–Trinajstić information content (AvgIpc) is 3.38. The summed E-state index contributed by atoms with van der Waals surface area (Å²) in [4.78, 5) is 31.4. The minimum atomic E-state index is -0.893. The summed E-state index contributed by atoms with van der Waals surface area (Å²) in [6.45, 7) is 7.96. The van der Waals surface area contributed by atoms with E-state index < -0.39 is 5.60 Å². The molecular formula is C31H39NO5. The Morgan fingerprint density at radius 2 is 1.81 bits per heavy atom. The van der Waals surface area contributed by atoms with Crippen molar-refractivity contribution in [1.29, 1.82) is 0 Å². The van der Waals surface area contributed by atoms with Gasteiger partial charge in [0, 0.05) is 24.3 Å². The smallest absolute Gasteiger partial charge is 0.302 e. The molecule has 3 saturated carbocycles. The number of oxime groups is 1. The number of rotatable bonds is 4. The fourth-order valence-electron chi connectivity index (χ4n) is 9.38. The first kappa shape index (κ1) is 24.7. The lowest BCUT2D eigenvalue weighted by molar-refractivity contribution is -0.174. The van der Waals surface area contributed by atoms with Crippen molar-refractivity contribution in [3.63, 3.8) is 0 Å². The van der Waals surface area contributed by atoms with Gasteiger partial charge in [0.2, 0.25) is 5.60 Å². The highest BCUT2D eigenvalue weighted by Gasteiger charge is 2.74. The van der Waals surface area contributed by atoms with Gasteiger partial charge in [-0.05, 0) is 92.9 Å². The van der Waals surface area contributed by atoms with Gasteiger partial charge in [0.05, 0.1) is 18.7 Å². The topological polar surface area (TPSA) is 74.2 Å². The van der Waals surface area contributed by atoms with Gasteiger partial charge in [-0.2, -0.15) is 0 Å². The Morgan fingerprint density at radius 3 is 2.49 bits per heavy atom. The summed E-state index contributed by atoms with van der Waals surface area (Å²) in [6.07, 6.45) is 9.31. The molecule has 198 valence electrons. The molecule has 4 aliphatic carbocycles. The van der Waals surface area contributed by atoms with Gasteiger partial charge < -0.3 is 14.3 Å². The molecule has 37 heavy (non-hydrogen) atoms. The van der Waals surface area contributed by atoms with E-state index in [4.69, 9.17) is 14.3 Å². The summed E-state index contributed by atoms with van der Waals surface area (Å²) in [6, 6.07) is 7.96. The molecule has 0 amide bonds. The number of benzene rings is 1. The number of carbonyl (C=O) groups excluding carboxylic acids is 2. The summed E-state index contributed by atoms with van der Waals surface area (Å²) >= 11 is 0. The highest BCUT2D eigenvalue weighted by Crippen LogP contribution is 2.70. The van der Waals surface area contributed by atoms with Crippen molar-refractivity contribution >= 4 is 17.5 Å². The van der Waals surface area contributed by atoms with E-state index in [1.807, 2.05) is 24.3 Å². The lowest BCUT2D eigenvalue weighted by Gasteiger charge is -2.58. The molecule has 1 aromatic rings. The first-order valence-corrected chi connectivity index (χ1v) is 13.9. The van der Waals surface area contributed by atoms with Gasteiger partial charge in [-0.25, -0.2) is 0 Å². The molecule has 1 heterocycles. The highest BCUT2D eigenvalue weighted by atomic mass is 16.7. The van der Waals surface area contributed by atoms with Crippen molar-refractivity contribution in [2.45, 2.75) is 84.3 Å². The van der Waals surface area contributed by atoms with E-state index in [1.54, 1.807) is 14.0 Å². The molecule has 0 N–H and O–H groups in total. The minimum Gasteiger partial charge on any atom is -0.497 e. The Kier molecular flexibility index (Phi) is 5.63. The molecule has 0 spiro atoms. The number of fused-ring (bicyclic) bond motifs is 7. The molecule has 1 aliphatic heterocycles. The lowest BCUT2D eigenvalue weighted by atomic mass is 9.46. The Hall–Kier alpha value is -2.63. The first-order valence-electron chi connectivity index (χ1n) is 13.9. The molecule has 0 aromatic heterocycles. The predicted molar refractivity (Wildman–Crippen MR) is 140 cm³/mol. The number of hydrogen-bond donors (Lipinski definition) is 0. The van der Waals surface area contributed by atoms with Crippen LogP contribution in [-0.4, -0.2) is 36.3 Å². The Balaban J connectivity index is 1.33. The third kappa shape index (κ3) is 3.33. The Bertz CT molecular complexity index is 1190. The lowest BCUT2D eigenvalue weighted by Crippen LogP contribution is -2.58. The van der Waals surface area contributed by atoms with E-state index in [1.165, 1.54) is 12.5 Å². The van der Waals surface area contributed by atoms with Crippen LogP contribution in [0.25, 0.3) is 0 Å². The molecule has 0 saturated heterocycles. The Morgan fingerprint density at radius 1 is 1.05 bits per heavy atom. The van der Waals surface area contributed by atoms with Crippen molar-refractivity contribution in [3.8, 4) is 5.75 Å². The zero-order chi connectivity index (χ0) is 26.2. The van der Waals surface area contributed by atoms with Gasteiger partial charge in [0.1, 0.15) is 11.9 Å². The van der Waals surface area contributed by atoms with E-state index in [9.17, 15) is 9.59 Å². The van der Waals surface area contributed by atoms with Crippen LogP contribution in [0.3, 0.4) is 0 Å². The first-order chi connectivity index (χ1) is 17.6. The summed E-state index contributed by atoms with van der Waals surface area (Å²) in [5.41, 5.74) is 2.38. The van der Waals surface area contributed by atoms with Crippen molar-refractivity contribution in [2.24, 2.45) is 39.7 Å². The van der Waals surface area contributed by atoms with E-state index in [2.05, 4.69) is 25.1 Å². The molecule has 0 radical (unpaired) electrons. The standard InChI is InChI=1S/C31H39NO5/c1-18(33)31-27(28(32-37-31)20-6-9-22(35-5)10-7-20)17-26-24-11-8-21-16-23(36-19(2)34)12-14-29(21,3)25(24)13-15-30(26,31)4/h6-10,23-27H,11-17H2,1-5H3/t23-,24?,25?,26?,27-,29-,30-,31+/m0/s1. The second-order valence-electron chi connectivity index (χ2n) is 12.6. The summed E-state index contributed by atoms with van der Waals surface area (Å²) in [5.74, 6) is 2.17. The van der Waals surface area contributed by atoms with Gasteiger partial charge in [-0.3, -0.25) is 9.59 Å². The molecule has 1 aromatic carbocycles. The maximum atomic E-state index is 13.5. The maximum absolute atomic E-state index is 13.5. The summed E-state index contributed by atoms with van der Waals surface area (Å²) in [7, 11) is 1.66. The summed E-state index contributed by atoms with van der Waals surface area (Å²) < 4.78 is 11.0. The SMILES string of the molecule is COc1ccc(C2=NO[C@]3(C(C)=O)[C@H]2CC2C4CC=C5C[C@@H](OC(C)=O)CC[C@]5(C)C4CC[C@@]23C)cc1. The van der Waals surface area contributed by atoms with Crippen LogP contribution in [-0.2, 0) is 19.2 Å². The van der Waals surface area contributed by atoms with Gasteiger partial charge in [-0.15, -0.1) is 0 Å². The molecule has 3 fully saturated rings. The monoisotopic (exact) mass is 505 g/mol. The quantitative estimate of drug-likeness (QED) is 0.377. The number of ketones is 1. The van der Waals surface area contributed by atoms with E-state index in [-0.39, 0.29) is 34.6 Å². The number of hydrogen-bond acceptors (Lipinski definition) is 6. The number of allylic oxidation sites excluding steroid dienone is 1. The molecule has 6 rings (SSSR count). The molecule has 3 unspecified atom stereocenters. The fourth-order valence-corrected chi connectivity index (χ4v) is 9.38. The van der Waals surface area contributed by atoms with Crippen LogP contribution in [0.1, 0.15) is 78.2 Å². The second kappa shape index (κ2) is 8.44. The molecule has 5 aliphatic rings. The van der Waals surface area contributed by atoms with Crippen LogP contribution in [0, 0.1) is 34.5 Å². The van der Waals surface area contributed by atoms with Gasteiger partial charge >= 0.3 is 5.97 Å². The zero-order valence-corrected chi connectivity index (χ0v) is 22.7. The largest absolute Gasteiger partial charge is 0.497 e. The fraction of sp³-hybridized carbons (Fsp3) is 0.645. The van der Waals surface area contributed by atoms with Crippen molar-refractivity contribution in [1.82, 2.24) is 0 Å².